The molecule has 0 bridgehead atoms. The molecular formula is C14H10F2N4. The summed E-state index contributed by atoms with van der Waals surface area (Å²) >= 11 is 0. The molecule has 0 saturated heterocycles. The third kappa shape index (κ3) is 2.23. The summed E-state index contributed by atoms with van der Waals surface area (Å²) in [7, 11) is 0. The van der Waals surface area contributed by atoms with Gasteiger partial charge in [-0.3, -0.25) is 0 Å². The molecule has 100 valence electrons. The zero-order valence-corrected chi connectivity index (χ0v) is 10.3. The van der Waals surface area contributed by atoms with E-state index in [9.17, 15) is 8.78 Å². The lowest BCUT2D eigenvalue weighted by Crippen LogP contribution is -2.03. The molecule has 3 aromatic rings. The Bertz CT molecular complexity index is 789. The van der Waals surface area contributed by atoms with Crippen molar-refractivity contribution in [1.82, 2.24) is 9.97 Å². The van der Waals surface area contributed by atoms with Crippen LogP contribution in [0.15, 0.2) is 42.5 Å². The fourth-order valence-electron chi connectivity index (χ4n) is 1.82. The predicted molar refractivity (Wildman–Crippen MR) is 73.6 cm³/mol. The highest BCUT2D eigenvalue weighted by Gasteiger charge is 2.09. The standard InChI is InChI=1S/C14H10F2N4/c15-8-5-6-10(9(16)7-8)19-14-13(17)18-11-3-1-2-4-12(11)20-14/h1-7H,(H2,17,18)(H,19,20). The molecule has 20 heavy (non-hydrogen) atoms. The number of fused-ring (bicyclic) bond motifs is 1. The smallest absolute Gasteiger partial charge is 0.174 e. The van der Waals surface area contributed by atoms with Gasteiger partial charge >= 0.3 is 0 Å². The third-order valence-corrected chi connectivity index (χ3v) is 2.78. The molecule has 3 rings (SSSR count). The van der Waals surface area contributed by atoms with Crippen LogP contribution in [-0.2, 0) is 0 Å². The van der Waals surface area contributed by atoms with Crippen LogP contribution < -0.4 is 11.1 Å². The lowest BCUT2D eigenvalue weighted by Gasteiger charge is -2.09. The molecule has 0 aliphatic carbocycles. The molecule has 0 fully saturated rings. The van der Waals surface area contributed by atoms with E-state index < -0.39 is 11.6 Å². The Morgan fingerprint density at radius 2 is 1.65 bits per heavy atom. The van der Waals surface area contributed by atoms with Gasteiger partial charge in [0.1, 0.15) is 11.6 Å². The Kier molecular flexibility index (Phi) is 2.90. The van der Waals surface area contributed by atoms with Crippen LogP contribution in [0.3, 0.4) is 0 Å². The van der Waals surface area contributed by atoms with E-state index in [1.165, 1.54) is 6.07 Å². The van der Waals surface area contributed by atoms with Gasteiger partial charge in [-0.15, -0.1) is 0 Å². The lowest BCUT2D eigenvalue weighted by atomic mass is 10.3. The van der Waals surface area contributed by atoms with Crippen LogP contribution in [0.1, 0.15) is 0 Å². The van der Waals surface area contributed by atoms with E-state index in [0.717, 1.165) is 12.1 Å². The van der Waals surface area contributed by atoms with Crippen molar-refractivity contribution >= 4 is 28.4 Å². The second-order valence-electron chi connectivity index (χ2n) is 4.20. The van der Waals surface area contributed by atoms with E-state index >= 15 is 0 Å². The first-order valence-electron chi connectivity index (χ1n) is 5.88. The maximum atomic E-state index is 13.6. The van der Waals surface area contributed by atoms with Crippen molar-refractivity contribution in [2.45, 2.75) is 0 Å². The highest BCUT2D eigenvalue weighted by Crippen LogP contribution is 2.24. The van der Waals surface area contributed by atoms with Gasteiger partial charge in [0.2, 0.25) is 0 Å². The van der Waals surface area contributed by atoms with Crippen molar-refractivity contribution in [2.75, 3.05) is 11.1 Å². The Hall–Kier alpha value is -2.76. The largest absolute Gasteiger partial charge is 0.381 e. The van der Waals surface area contributed by atoms with E-state index in [1.807, 2.05) is 12.1 Å². The van der Waals surface area contributed by atoms with Crippen LogP contribution >= 0.6 is 0 Å². The number of hydrogen-bond acceptors (Lipinski definition) is 4. The lowest BCUT2D eigenvalue weighted by molar-refractivity contribution is 0.586. The molecule has 0 atom stereocenters. The Morgan fingerprint density at radius 3 is 2.35 bits per heavy atom. The summed E-state index contributed by atoms with van der Waals surface area (Å²) in [6.45, 7) is 0. The summed E-state index contributed by atoms with van der Waals surface area (Å²) in [5, 5.41) is 2.72. The van der Waals surface area contributed by atoms with Crippen LogP contribution in [0.5, 0.6) is 0 Å². The summed E-state index contributed by atoms with van der Waals surface area (Å²) in [5.41, 5.74) is 7.15. The van der Waals surface area contributed by atoms with Gasteiger partial charge in [0.25, 0.3) is 0 Å². The van der Waals surface area contributed by atoms with Gasteiger partial charge in [-0.05, 0) is 24.3 Å². The molecule has 0 spiro atoms. The number of halogens is 2. The molecule has 0 radical (unpaired) electrons. The maximum Gasteiger partial charge on any atom is 0.174 e. The van der Waals surface area contributed by atoms with Crippen molar-refractivity contribution in [3.8, 4) is 0 Å². The van der Waals surface area contributed by atoms with E-state index in [0.29, 0.717) is 11.0 Å². The molecule has 0 amide bonds. The minimum absolute atomic E-state index is 0.0858. The highest BCUT2D eigenvalue weighted by molar-refractivity contribution is 5.80. The molecule has 0 aliphatic heterocycles. The van der Waals surface area contributed by atoms with Crippen molar-refractivity contribution < 1.29 is 8.78 Å². The quantitative estimate of drug-likeness (QED) is 0.751. The third-order valence-electron chi connectivity index (χ3n) is 2.78. The second-order valence-corrected chi connectivity index (χ2v) is 4.20. The number of nitrogens with zero attached hydrogens (tertiary/aromatic N) is 2. The van der Waals surface area contributed by atoms with Gasteiger partial charge in [-0.25, -0.2) is 18.7 Å². The first-order chi connectivity index (χ1) is 9.63. The van der Waals surface area contributed by atoms with E-state index in [4.69, 9.17) is 5.73 Å². The molecule has 4 nitrogen and oxygen atoms in total. The molecule has 3 N–H and O–H groups in total. The summed E-state index contributed by atoms with van der Waals surface area (Å²) < 4.78 is 26.4. The van der Waals surface area contributed by atoms with Crippen molar-refractivity contribution in [1.29, 1.82) is 0 Å². The van der Waals surface area contributed by atoms with E-state index in [1.54, 1.807) is 12.1 Å². The average molecular weight is 272 g/mol. The summed E-state index contributed by atoms with van der Waals surface area (Å²) in [6, 6.07) is 10.4. The number of nitrogen functional groups attached to an aromatic ring is 1. The van der Waals surface area contributed by atoms with E-state index in [-0.39, 0.29) is 17.3 Å². The molecule has 0 unspecified atom stereocenters. The van der Waals surface area contributed by atoms with Crippen molar-refractivity contribution in [3.05, 3.63) is 54.1 Å². The fraction of sp³-hybridized carbons (Fsp3) is 0. The SMILES string of the molecule is Nc1nc2ccccc2nc1Nc1ccc(F)cc1F. The topological polar surface area (TPSA) is 63.8 Å². The molecule has 0 saturated carbocycles. The van der Waals surface area contributed by atoms with E-state index in [2.05, 4.69) is 15.3 Å². The number of para-hydroxylation sites is 2. The second kappa shape index (κ2) is 4.73. The predicted octanol–water partition coefficient (Wildman–Crippen LogP) is 3.23. The molecule has 6 heteroatoms. The summed E-state index contributed by atoms with van der Waals surface area (Å²) in [5.74, 6) is -0.994. The fourth-order valence-corrected chi connectivity index (χ4v) is 1.82. The summed E-state index contributed by atoms with van der Waals surface area (Å²) in [6.07, 6.45) is 0. The first kappa shape index (κ1) is 12.3. The van der Waals surface area contributed by atoms with Crippen LogP contribution in [0.4, 0.5) is 26.1 Å². The Morgan fingerprint density at radius 1 is 0.950 bits per heavy atom. The van der Waals surface area contributed by atoms with Crippen LogP contribution in [-0.4, -0.2) is 9.97 Å². The maximum absolute atomic E-state index is 13.6. The number of nitrogens with one attached hydrogen (secondary N) is 1. The van der Waals surface area contributed by atoms with Gasteiger partial charge in [0, 0.05) is 6.07 Å². The minimum atomic E-state index is -0.723. The number of nitrogens with two attached hydrogens (primary N) is 1. The number of hydrogen-bond donors (Lipinski definition) is 2. The van der Waals surface area contributed by atoms with Gasteiger partial charge in [0.15, 0.2) is 11.6 Å². The number of benzene rings is 2. The van der Waals surface area contributed by atoms with Gasteiger partial charge in [0.05, 0.1) is 16.7 Å². The monoisotopic (exact) mass is 272 g/mol. The molecular weight excluding hydrogens is 262 g/mol. The van der Waals surface area contributed by atoms with Crippen molar-refractivity contribution in [3.63, 3.8) is 0 Å². The molecule has 0 aliphatic rings. The van der Waals surface area contributed by atoms with Crippen LogP contribution in [0, 0.1) is 11.6 Å². The van der Waals surface area contributed by atoms with Crippen LogP contribution in [0.2, 0.25) is 0 Å². The molecule has 1 aromatic heterocycles. The zero-order chi connectivity index (χ0) is 14.1. The Labute approximate surface area is 113 Å². The van der Waals surface area contributed by atoms with Gasteiger partial charge in [-0.1, -0.05) is 12.1 Å². The van der Waals surface area contributed by atoms with Crippen molar-refractivity contribution in [2.24, 2.45) is 0 Å². The number of anilines is 3. The molecule has 1 heterocycles. The highest BCUT2D eigenvalue weighted by atomic mass is 19.1. The zero-order valence-electron chi connectivity index (χ0n) is 10.3. The van der Waals surface area contributed by atoms with Gasteiger partial charge < -0.3 is 11.1 Å². The minimum Gasteiger partial charge on any atom is -0.381 e. The summed E-state index contributed by atoms with van der Waals surface area (Å²) in [4.78, 5) is 8.45. The average Bonchev–Trinajstić information content (AvgIpc) is 2.42. The normalized spacial score (nSPS) is 10.7. The number of rotatable bonds is 2. The Balaban J connectivity index is 2.03. The van der Waals surface area contributed by atoms with Crippen LogP contribution in [0.25, 0.3) is 11.0 Å². The van der Waals surface area contributed by atoms with Gasteiger partial charge in [-0.2, -0.15) is 0 Å². The first-order valence-corrected chi connectivity index (χ1v) is 5.88. The molecule has 2 aromatic carbocycles. The number of aromatic nitrogens is 2.